The van der Waals surface area contributed by atoms with E-state index < -0.39 is 20.7 Å². The van der Waals surface area contributed by atoms with Crippen LogP contribution in [0.4, 0.5) is 10.1 Å². The van der Waals surface area contributed by atoms with Gasteiger partial charge in [0.25, 0.3) is 0 Å². The van der Waals surface area contributed by atoms with Crippen molar-refractivity contribution in [1.29, 1.82) is 0 Å². The van der Waals surface area contributed by atoms with E-state index in [-0.39, 0.29) is 12.3 Å². The van der Waals surface area contributed by atoms with Crippen molar-refractivity contribution in [3.63, 3.8) is 0 Å². The summed E-state index contributed by atoms with van der Waals surface area (Å²) in [6, 6.07) is 2.14. The lowest BCUT2D eigenvalue weighted by Crippen LogP contribution is -2.21. The van der Waals surface area contributed by atoms with E-state index in [4.69, 9.17) is 5.14 Å². The molecule has 16 heavy (non-hydrogen) atoms. The van der Waals surface area contributed by atoms with E-state index in [0.717, 1.165) is 6.07 Å². The number of carbonyl (C=O) groups is 1. The Balaban J connectivity index is 2.59. The Morgan fingerprint density at radius 1 is 1.31 bits per heavy atom. The maximum atomic E-state index is 13.4. The molecule has 1 aromatic carbocycles. The topological polar surface area (TPSA) is 89.3 Å². The molecule has 0 saturated heterocycles. The van der Waals surface area contributed by atoms with E-state index in [1.807, 2.05) is 0 Å². The number of nitrogens with two attached hydrogens (primary N) is 1. The summed E-state index contributed by atoms with van der Waals surface area (Å²) in [4.78, 5) is 10.5. The molecule has 0 saturated carbocycles. The molecule has 0 atom stereocenters. The molecule has 0 spiro atoms. The van der Waals surface area contributed by atoms with Crippen LogP contribution in [0.3, 0.4) is 0 Å². The van der Waals surface area contributed by atoms with Crippen LogP contribution in [0.25, 0.3) is 0 Å². The monoisotopic (exact) mass is 244 g/mol. The lowest BCUT2D eigenvalue weighted by atomic mass is 10.0. The van der Waals surface area contributed by atoms with E-state index in [9.17, 15) is 17.6 Å². The summed E-state index contributed by atoms with van der Waals surface area (Å²) < 4.78 is 35.5. The van der Waals surface area contributed by atoms with Gasteiger partial charge in [-0.15, -0.1) is 0 Å². The molecule has 1 aliphatic rings. The van der Waals surface area contributed by atoms with Gasteiger partial charge >= 0.3 is 0 Å². The SMILES string of the molecule is NS(=O)(=O)c1cc2c(cc1F)NC(=O)CC2. The molecule has 1 aliphatic heterocycles. The van der Waals surface area contributed by atoms with Crippen LogP contribution in [0, 0.1) is 5.82 Å². The van der Waals surface area contributed by atoms with Gasteiger partial charge in [-0.3, -0.25) is 4.79 Å². The van der Waals surface area contributed by atoms with Crippen molar-refractivity contribution in [1.82, 2.24) is 0 Å². The van der Waals surface area contributed by atoms with Gasteiger partial charge in [0.2, 0.25) is 15.9 Å². The van der Waals surface area contributed by atoms with Gasteiger partial charge in [-0.2, -0.15) is 0 Å². The third-order valence-corrected chi connectivity index (χ3v) is 3.29. The average Bonchev–Trinajstić information content (AvgIpc) is 2.14. The second kappa shape index (κ2) is 3.53. The van der Waals surface area contributed by atoms with Crippen molar-refractivity contribution in [2.75, 3.05) is 5.32 Å². The zero-order valence-electron chi connectivity index (χ0n) is 8.16. The van der Waals surface area contributed by atoms with Gasteiger partial charge in [0, 0.05) is 12.1 Å². The second-order valence-corrected chi connectivity index (χ2v) is 5.06. The minimum absolute atomic E-state index is 0.213. The minimum atomic E-state index is -4.07. The lowest BCUT2D eigenvalue weighted by Gasteiger charge is -2.17. The predicted molar refractivity (Wildman–Crippen MR) is 54.7 cm³/mol. The molecule has 0 fully saturated rings. The molecule has 5 nitrogen and oxygen atoms in total. The molecule has 0 unspecified atom stereocenters. The van der Waals surface area contributed by atoms with E-state index >= 15 is 0 Å². The number of aryl methyl sites for hydroxylation is 1. The lowest BCUT2D eigenvalue weighted by molar-refractivity contribution is -0.116. The Bertz CT molecular complexity index is 568. The van der Waals surface area contributed by atoms with Gasteiger partial charge in [-0.1, -0.05) is 0 Å². The summed E-state index contributed by atoms with van der Waals surface area (Å²) >= 11 is 0. The molecule has 1 aromatic rings. The number of halogens is 1. The van der Waals surface area contributed by atoms with Crippen molar-refractivity contribution < 1.29 is 17.6 Å². The normalized spacial score (nSPS) is 15.5. The van der Waals surface area contributed by atoms with Crippen molar-refractivity contribution in [3.8, 4) is 0 Å². The first-order chi connectivity index (χ1) is 7.38. The number of nitrogens with one attached hydrogen (secondary N) is 1. The number of carbonyl (C=O) groups excluding carboxylic acids is 1. The Morgan fingerprint density at radius 2 is 2.00 bits per heavy atom. The first-order valence-corrected chi connectivity index (χ1v) is 6.07. The summed E-state index contributed by atoms with van der Waals surface area (Å²) in [5.41, 5.74) is 0.881. The van der Waals surface area contributed by atoms with Crippen LogP contribution in [-0.2, 0) is 21.2 Å². The first-order valence-electron chi connectivity index (χ1n) is 4.53. The van der Waals surface area contributed by atoms with Crippen molar-refractivity contribution in [2.24, 2.45) is 5.14 Å². The first kappa shape index (κ1) is 11.0. The predicted octanol–water partition coefficient (Wildman–Crippen LogP) is 0.358. The molecule has 0 aliphatic carbocycles. The number of sulfonamides is 1. The molecule has 1 heterocycles. The van der Waals surface area contributed by atoms with Crippen LogP contribution >= 0.6 is 0 Å². The maximum absolute atomic E-state index is 13.4. The van der Waals surface area contributed by atoms with Gasteiger partial charge in [0.1, 0.15) is 10.7 Å². The average molecular weight is 244 g/mol. The number of primary sulfonamides is 1. The smallest absolute Gasteiger partial charge is 0.240 e. The number of hydrogen-bond acceptors (Lipinski definition) is 3. The molecule has 1 amide bonds. The Morgan fingerprint density at radius 3 is 2.62 bits per heavy atom. The number of rotatable bonds is 1. The van der Waals surface area contributed by atoms with Gasteiger partial charge in [0.05, 0.1) is 0 Å². The van der Waals surface area contributed by atoms with Gasteiger partial charge < -0.3 is 5.32 Å². The maximum Gasteiger partial charge on any atom is 0.240 e. The van der Waals surface area contributed by atoms with E-state index in [2.05, 4.69) is 5.32 Å². The number of hydrogen-bond donors (Lipinski definition) is 2. The highest BCUT2D eigenvalue weighted by Gasteiger charge is 2.21. The standard InChI is InChI=1S/C9H9FN2O3S/c10-6-4-7-5(1-2-9(13)12-7)3-8(6)16(11,14)15/h3-4H,1-2H2,(H,12,13)(H2,11,14,15). The van der Waals surface area contributed by atoms with Gasteiger partial charge in [-0.05, 0) is 24.1 Å². The summed E-state index contributed by atoms with van der Waals surface area (Å²) in [5.74, 6) is -1.17. The van der Waals surface area contributed by atoms with Gasteiger partial charge in [-0.25, -0.2) is 17.9 Å². The summed E-state index contributed by atoms with van der Waals surface area (Å²) in [5, 5.41) is 7.33. The number of benzene rings is 1. The minimum Gasteiger partial charge on any atom is -0.326 e. The molecule has 3 N–H and O–H groups in total. The Kier molecular flexibility index (Phi) is 2.43. The third kappa shape index (κ3) is 1.91. The van der Waals surface area contributed by atoms with Crippen LogP contribution in [0.15, 0.2) is 17.0 Å². The summed E-state index contributed by atoms with van der Waals surface area (Å²) in [6.45, 7) is 0. The van der Waals surface area contributed by atoms with Crippen LogP contribution in [0.5, 0.6) is 0 Å². The van der Waals surface area contributed by atoms with E-state index in [1.165, 1.54) is 6.07 Å². The van der Waals surface area contributed by atoms with E-state index in [1.54, 1.807) is 0 Å². The zero-order chi connectivity index (χ0) is 11.9. The highest BCUT2D eigenvalue weighted by molar-refractivity contribution is 7.89. The molecule has 7 heteroatoms. The molecule has 0 bridgehead atoms. The molecule has 0 radical (unpaired) electrons. The van der Waals surface area contributed by atoms with Crippen molar-refractivity contribution in [3.05, 3.63) is 23.5 Å². The molecule has 0 aromatic heterocycles. The van der Waals surface area contributed by atoms with Crippen LogP contribution in [0.2, 0.25) is 0 Å². The fourth-order valence-corrected chi connectivity index (χ4v) is 2.23. The molecular weight excluding hydrogens is 235 g/mol. The van der Waals surface area contributed by atoms with Crippen molar-refractivity contribution in [2.45, 2.75) is 17.7 Å². The number of anilines is 1. The number of fused-ring (bicyclic) bond motifs is 1. The third-order valence-electron chi connectivity index (χ3n) is 2.36. The highest BCUT2D eigenvalue weighted by atomic mass is 32.2. The molecule has 86 valence electrons. The second-order valence-electron chi connectivity index (χ2n) is 3.53. The van der Waals surface area contributed by atoms with Crippen molar-refractivity contribution >= 4 is 21.6 Å². The zero-order valence-corrected chi connectivity index (χ0v) is 8.97. The fourth-order valence-electron chi connectivity index (χ4n) is 1.60. The van der Waals surface area contributed by atoms with Gasteiger partial charge in [0.15, 0.2) is 0 Å². The molecular formula is C9H9FN2O3S. The summed E-state index contributed by atoms with van der Waals surface area (Å²) in [7, 11) is -4.07. The quantitative estimate of drug-likeness (QED) is 0.747. The number of amides is 1. The summed E-state index contributed by atoms with van der Waals surface area (Å²) in [6.07, 6.45) is 0.632. The largest absolute Gasteiger partial charge is 0.326 e. The van der Waals surface area contributed by atoms with E-state index in [0.29, 0.717) is 17.7 Å². The van der Waals surface area contributed by atoms with Crippen LogP contribution in [-0.4, -0.2) is 14.3 Å². The Hall–Kier alpha value is -1.47. The Labute approximate surface area is 91.5 Å². The highest BCUT2D eigenvalue weighted by Crippen LogP contribution is 2.27. The molecule has 2 rings (SSSR count). The van der Waals surface area contributed by atoms with Crippen LogP contribution in [0.1, 0.15) is 12.0 Å². The fraction of sp³-hybridized carbons (Fsp3) is 0.222. The van der Waals surface area contributed by atoms with Crippen LogP contribution < -0.4 is 10.5 Å².